The molecule has 0 aliphatic heterocycles. The molecule has 0 aliphatic carbocycles. The molecule has 0 atom stereocenters. The number of anilines is 2. The van der Waals surface area contributed by atoms with Crippen molar-refractivity contribution in [2.24, 2.45) is 0 Å². The van der Waals surface area contributed by atoms with Crippen LogP contribution in [-0.4, -0.2) is 18.9 Å². The van der Waals surface area contributed by atoms with Gasteiger partial charge in [-0.2, -0.15) is 0 Å². The van der Waals surface area contributed by atoms with Gasteiger partial charge in [0.1, 0.15) is 5.75 Å². The van der Waals surface area contributed by atoms with Gasteiger partial charge in [-0.15, -0.1) is 0 Å². The van der Waals surface area contributed by atoms with E-state index in [0.717, 1.165) is 0 Å². The van der Waals surface area contributed by atoms with Crippen LogP contribution in [0.25, 0.3) is 6.08 Å². The van der Waals surface area contributed by atoms with Gasteiger partial charge < -0.3 is 15.4 Å². The standard InChI is InChI=1S/C23H17Cl3N2O3/c1-31-21-13-16(27-22(29)11-7-14-6-8-15(24)12-19(14)26)9-10-20(21)28-23(30)17-4-2-3-5-18(17)25/h2-13H,1H3,(H,27,29)(H,28,30)/b11-7+. The van der Waals surface area contributed by atoms with Gasteiger partial charge in [0.25, 0.3) is 5.91 Å². The fourth-order valence-corrected chi connectivity index (χ4v) is 3.39. The smallest absolute Gasteiger partial charge is 0.257 e. The minimum Gasteiger partial charge on any atom is -0.494 e. The van der Waals surface area contributed by atoms with Gasteiger partial charge in [0.2, 0.25) is 5.91 Å². The highest BCUT2D eigenvalue weighted by atomic mass is 35.5. The van der Waals surface area contributed by atoms with E-state index in [1.807, 2.05) is 0 Å². The molecule has 0 heterocycles. The van der Waals surface area contributed by atoms with Gasteiger partial charge in [-0.3, -0.25) is 9.59 Å². The Morgan fingerprint density at radius 2 is 1.68 bits per heavy atom. The molecule has 0 bridgehead atoms. The van der Waals surface area contributed by atoms with E-state index in [4.69, 9.17) is 39.5 Å². The Bertz CT molecular complexity index is 1160. The number of methoxy groups -OCH3 is 1. The summed E-state index contributed by atoms with van der Waals surface area (Å²) in [6, 6.07) is 16.6. The Labute approximate surface area is 194 Å². The normalized spacial score (nSPS) is 10.7. The lowest BCUT2D eigenvalue weighted by molar-refractivity contribution is -0.111. The summed E-state index contributed by atoms with van der Waals surface area (Å²) in [7, 11) is 1.47. The molecule has 2 N–H and O–H groups in total. The second-order valence-corrected chi connectivity index (χ2v) is 7.59. The van der Waals surface area contributed by atoms with Crippen molar-refractivity contribution in [3.63, 3.8) is 0 Å². The van der Waals surface area contributed by atoms with Gasteiger partial charge in [-0.1, -0.05) is 53.0 Å². The third-order valence-corrected chi connectivity index (χ3v) is 5.10. The Morgan fingerprint density at radius 3 is 2.39 bits per heavy atom. The van der Waals surface area contributed by atoms with E-state index in [1.165, 1.54) is 13.2 Å². The van der Waals surface area contributed by atoms with Crippen LogP contribution in [-0.2, 0) is 4.79 Å². The second-order valence-electron chi connectivity index (χ2n) is 6.34. The summed E-state index contributed by atoms with van der Waals surface area (Å²) >= 11 is 18.0. The average Bonchev–Trinajstić information content (AvgIpc) is 2.74. The van der Waals surface area contributed by atoms with Crippen LogP contribution in [0.15, 0.2) is 66.7 Å². The summed E-state index contributed by atoms with van der Waals surface area (Å²) in [6.45, 7) is 0. The van der Waals surface area contributed by atoms with E-state index in [2.05, 4.69) is 10.6 Å². The Hall–Kier alpha value is -2.99. The number of hydrogen-bond acceptors (Lipinski definition) is 3. The van der Waals surface area contributed by atoms with Crippen molar-refractivity contribution in [2.45, 2.75) is 0 Å². The molecule has 0 saturated heterocycles. The maximum Gasteiger partial charge on any atom is 0.257 e. The zero-order valence-electron chi connectivity index (χ0n) is 16.3. The largest absolute Gasteiger partial charge is 0.494 e. The SMILES string of the molecule is COc1cc(NC(=O)/C=C/c2ccc(Cl)cc2Cl)ccc1NC(=O)c1ccccc1Cl. The van der Waals surface area contributed by atoms with Crippen LogP contribution in [0.2, 0.25) is 15.1 Å². The molecular formula is C23H17Cl3N2O3. The number of carbonyl (C=O) groups is 2. The molecule has 0 fully saturated rings. The zero-order valence-corrected chi connectivity index (χ0v) is 18.6. The van der Waals surface area contributed by atoms with Crippen LogP contribution < -0.4 is 15.4 Å². The maximum atomic E-state index is 12.5. The van der Waals surface area contributed by atoms with Crippen LogP contribution in [0, 0.1) is 0 Å². The van der Waals surface area contributed by atoms with E-state index in [9.17, 15) is 9.59 Å². The summed E-state index contributed by atoms with van der Waals surface area (Å²) in [5.74, 6) is -0.354. The lowest BCUT2D eigenvalue weighted by Crippen LogP contribution is -2.13. The monoisotopic (exact) mass is 474 g/mol. The molecule has 158 valence electrons. The van der Waals surface area contributed by atoms with E-state index in [1.54, 1.807) is 66.7 Å². The predicted molar refractivity (Wildman–Crippen MR) is 127 cm³/mol. The number of carbonyl (C=O) groups excluding carboxylic acids is 2. The fourth-order valence-electron chi connectivity index (χ4n) is 2.69. The first-order valence-electron chi connectivity index (χ1n) is 9.05. The zero-order chi connectivity index (χ0) is 22.4. The Balaban J connectivity index is 1.70. The average molecular weight is 476 g/mol. The molecule has 2 amide bonds. The maximum absolute atomic E-state index is 12.5. The highest BCUT2D eigenvalue weighted by Crippen LogP contribution is 2.29. The topological polar surface area (TPSA) is 67.4 Å². The number of hydrogen-bond donors (Lipinski definition) is 2. The molecule has 3 rings (SSSR count). The van der Waals surface area contributed by atoms with E-state index >= 15 is 0 Å². The quantitative estimate of drug-likeness (QED) is 0.397. The molecular weight excluding hydrogens is 459 g/mol. The molecule has 0 spiro atoms. The van der Waals surface area contributed by atoms with Crippen molar-refractivity contribution in [1.82, 2.24) is 0 Å². The van der Waals surface area contributed by atoms with Gasteiger partial charge >= 0.3 is 0 Å². The minimum atomic E-state index is -0.372. The van der Waals surface area contributed by atoms with Crippen LogP contribution in [0.3, 0.4) is 0 Å². The molecule has 3 aromatic carbocycles. The van der Waals surface area contributed by atoms with Gasteiger partial charge in [-0.25, -0.2) is 0 Å². The summed E-state index contributed by atoms with van der Waals surface area (Å²) in [6.07, 6.45) is 2.94. The molecule has 5 nitrogen and oxygen atoms in total. The number of amides is 2. The molecule has 0 aromatic heterocycles. The lowest BCUT2D eigenvalue weighted by Gasteiger charge is -2.13. The summed E-state index contributed by atoms with van der Waals surface area (Å²) < 4.78 is 5.34. The van der Waals surface area contributed by atoms with Crippen LogP contribution >= 0.6 is 34.8 Å². The summed E-state index contributed by atoms with van der Waals surface area (Å²) in [4.78, 5) is 24.7. The molecule has 0 saturated carbocycles. The van der Waals surface area contributed by atoms with Crippen molar-refractivity contribution in [2.75, 3.05) is 17.7 Å². The van der Waals surface area contributed by atoms with E-state index < -0.39 is 0 Å². The number of rotatable bonds is 6. The number of halogens is 3. The van der Waals surface area contributed by atoms with Crippen molar-refractivity contribution in [1.29, 1.82) is 0 Å². The van der Waals surface area contributed by atoms with Gasteiger partial charge in [-0.05, 0) is 48.0 Å². The number of nitrogens with one attached hydrogen (secondary N) is 2. The number of ether oxygens (including phenoxy) is 1. The third-order valence-electron chi connectivity index (χ3n) is 4.21. The first-order valence-corrected chi connectivity index (χ1v) is 10.2. The van der Waals surface area contributed by atoms with Crippen LogP contribution in [0.1, 0.15) is 15.9 Å². The van der Waals surface area contributed by atoms with Gasteiger partial charge in [0.15, 0.2) is 0 Å². The van der Waals surface area contributed by atoms with Crippen molar-refractivity contribution < 1.29 is 14.3 Å². The van der Waals surface area contributed by atoms with Crippen molar-refractivity contribution >= 4 is 64.1 Å². The molecule has 0 unspecified atom stereocenters. The van der Waals surface area contributed by atoms with E-state index in [-0.39, 0.29) is 11.8 Å². The number of benzene rings is 3. The van der Waals surface area contributed by atoms with Crippen LogP contribution in [0.5, 0.6) is 5.75 Å². The first kappa shape index (κ1) is 22.7. The van der Waals surface area contributed by atoms with Gasteiger partial charge in [0.05, 0.1) is 23.4 Å². The molecule has 31 heavy (non-hydrogen) atoms. The van der Waals surface area contributed by atoms with Crippen molar-refractivity contribution in [3.05, 3.63) is 92.9 Å². The molecule has 8 heteroatoms. The molecule has 0 aliphatic rings. The minimum absolute atomic E-state index is 0.342. The highest BCUT2D eigenvalue weighted by molar-refractivity contribution is 6.35. The summed E-state index contributed by atoms with van der Waals surface area (Å²) in [5, 5.41) is 6.79. The fraction of sp³-hybridized carbons (Fsp3) is 0.0435. The Kier molecular flexibility index (Phi) is 7.58. The van der Waals surface area contributed by atoms with Crippen molar-refractivity contribution in [3.8, 4) is 5.75 Å². The molecule has 3 aromatic rings. The summed E-state index contributed by atoms with van der Waals surface area (Å²) in [5.41, 5.74) is 1.93. The second kappa shape index (κ2) is 10.4. The van der Waals surface area contributed by atoms with Gasteiger partial charge in [0, 0.05) is 27.9 Å². The highest BCUT2D eigenvalue weighted by Gasteiger charge is 2.13. The third kappa shape index (κ3) is 6.01. The molecule has 0 radical (unpaired) electrons. The van der Waals surface area contributed by atoms with Crippen LogP contribution in [0.4, 0.5) is 11.4 Å². The lowest BCUT2D eigenvalue weighted by atomic mass is 10.2. The Morgan fingerprint density at radius 1 is 0.903 bits per heavy atom. The predicted octanol–water partition coefficient (Wildman–Crippen LogP) is 6.56. The van der Waals surface area contributed by atoms with E-state index in [0.29, 0.717) is 43.3 Å². The first-order chi connectivity index (χ1) is 14.9.